The van der Waals surface area contributed by atoms with Gasteiger partial charge >= 0.3 is 6.85 Å². The van der Waals surface area contributed by atoms with E-state index in [1.807, 2.05) is 22.7 Å². The average Bonchev–Trinajstić information content (AvgIpc) is 4.05. The van der Waals surface area contributed by atoms with Gasteiger partial charge in [0.25, 0.3) is 0 Å². The zero-order valence-corrected chi connectivity index (χ0v) is 39.9. The molecule has 0 N–H and O–H groups in total. The molecule has 6 heterocycles. The van der Waals surface area contributed by atoms with E-state index in [1.54, 1.807) is 0 Å². The third kappa shape index (κ3) is 4.84. The number of furan rings is 1. The molecule has 3 aliphatic rings. The second kappa shape index (κ2) is 12.4. The Kier molecular flexibility index (Phi) is 7.08. The standard InChI is InChI=1S/C60H47BN2OS2/c1-58(2,3)32-16-18-33(19-17-32)63-48-26-43-41-24-44-45(60(6,7)23-22-59(44,4)5)30-54(41)66-53(43)29-39(48)36-20-21-37-38-28-51-40(34-12-8-10-14-50(34)64-51)25-47(38)62-49-27-42-35-13-9-11-15-52(35)65-55(42)31-46(49)61(63)56(36)57(37)62/h8-21,24-31H,22-23H2,1-7H3. The minimum absolute atomic E-state index is 0.0377. The van der Waals surface area contributed by atoms with Crippen LogP contribution in [0.4, 0.5) is 11.4 Å². The molecule has 0 amide bonds. The Labute approximate surface area is 392 Å². The number of nitrogens with zero attached hydrogens (tertiary/aromatic N) is 2. The number of aromatic nitrogens is 1. The number of hydrogen-bond acceptors (Lipinski definition) is 4. The maximum absolute atomic E-state index is 6.60. The summed E-state index contributed by atoms with van der Waals surface area (Å²) in [5, 5.41) is 10.2. The lowest BCUT2D eigenvalue weighted by molar-refractivity contribution is 0.332. The van der Waals surface area contributed by atoms with E-state index in [1.165, 1.54) is 131 Å². The van der Waals surface area contributed by atoms with Crippen molar-refractivity contribution in [3.63, 3.8) is 0 Å². The van der Waals surface area contributed by atoms with Crippen molar-refractivity contribution < 1.29 is 4.42 Å². The fraction of sp³-hybridized carbons (Fsp3) is 0.200. The molecule has 0 fully saturated rings. The molecular weight excluding hydrogens is 840 g/mol. The summed E-state index contributed by atoms with van der Waals surface area (Å²) >= 11 is 3.89. The van der Waals surface area contributed by atoms with Crippen LogP contribution in [-0.4, -0.2) is 11.4 Å². The number of thiophene rings is 2. The SMILES string of the molecule is CC(C)(C)c1ccc(N2B3c4cc5sc6ccccc6c5cc4-n4c5cc6c(cc5c5ccc(c3c54)-c3cc4sc5cc7c(cc5c4cc32)C(C)(C)CCC7(C)C)oc2ccccc26)cc1. The van der Waals surface area contributed by atoms with Crippen LogP contribution >= 0.6 is 22.7 Å². The number of fused-ring (bicyclic) bond motifs is 18. The van der Waals surface area contributed by atoms with E-state index >= 15 is 0 Å². The van der Waals surface area contributed by atoms with Gasteiger partial charge in [0.2, 0.25) is 0 Å². The molecule has 0 atom stereocenters. The average molecular weight is 887 g/mol. The van der Waals surface area contributed by atoms with Crippen LogP contribution in [0, 0.1) is 0 Å². The first kappa shape index (κ1) is 37.8. The number of hydrogen-bond donors (Lipinski definition) is 0. The summed E-state index contributed by atoms with van der Waals surface area (Å²) in [4.78, 5) is 2.72. The van der Waals surface area contributed by atoms with Crippen molar-refractivity contribution >= 4 is 136 Å². The second-order valence-corrected chi connectivity index (χ2v) is 24.1. The molecule has 0 bridgehead atoms. The summed E-state index contributed by atoms with van der Waals surface area (Å²) in [6.07, 6.45) is 2.41. The predicted molar refractivity (Wildman–Crippen MR) is 287 cm³/mol. The number of para-hydroxylation sites is 1. The highest BCUT2D eigenvalue weighted by atomic mass is 32.1. The van der Waals surface area contributed by atoms with Crippen LogP contribution in [0.15, 0.2) is 138 Å². The van der Waals surface area contributed by atoms with Gasteiger partial charge in [0, 0.05) is 84.5 Å². The zero-order chi connectivity index (χ0) is 44.3. The van der Waals surface area contributed by atoms with Gasteiger partial charge in [-0.2, -0.15) is 0 Å². The van der Waals surface area contributed by atoms with Gasteiger partial charge in [-0.25, -0.2) is 0 Å². The van der Waals surface area contributed by atoms with Crippen molar-refractivity contribution in [3.8, 4) is 16.8 Å². The fourth-order valence-electron chi connectivity index (χ4n) is 12.6. The van der Waals surface area contributed by atoms with E-state index in [0.717, 1.165) is 21.9 Å². The molecule has 0 unspecified atom stereocenters. The Morgan fingerprint density at radius 1 is 0.530 bits per heavy atom. The fourth-order valence-corrected chi connectivity index (χ4v) is 14.8. The highest BCUT2D eigenvalue weighted by Crippen LogP contribution is 2.53. The summed E-state index contributed by atoms with van der Waals surface area (Å²) in [6, 6.07) is 51.9. The largest absolute Gasteiger partial charge is 0.456 e. The molecule has 3 nitrogen and oxygen atoms in total. The van der Waals surface area contributed by atoms with E-state index in [2.05, 4.69) is 191 Å². The van der Waals surface area contributed by atoms with Gasteiger partial charge in [0.1, 0.15) is 11.2 Å². The van der Waals surface area contributed by atoms with Gasteiger partial charge in [0.15, 0.2) is 0 Å². The third-order valence-corrected chi connectivity index (χ3v) is 18.4. The number of benzene rings is 8. The lowest BCUT2D eigenvalue weighted by atomic mass is 9.44. The molecule has 6 heteroatoms. The van der Waals surface area contributed by atoms with Gasteiger partial charge < -0.3 is 13.8 Å². The summed E-state index contributed by atoms with van der Waals surface area (Å²) in [5.74, 6) is 0. The molecule has 0 saturated heterocycles. The molecule has 12 aromatic rings. The molecule has 318 valence electrons. The van der Waals surface area contributed by atoms with E-state index in [4.69, 9.17) is 4.42 Å². The highest BCUT2D eigenvalue weighted by molar-refractivity contribution is 7.26. The molecule has 15 rings (SSSR count). The normalized spacial score (nSPS) is 16.2. The summed E-state index contributed by atoms with van der Waals surface area (Å²) in [6.45, 7) is 16.7. The van der Waals surface area contributed by atoms with E-state index < -0.39 is 0 Å². The first-order valence-corrected chi connectivity index (χ1v) is 25.3. The summed E-state index contributed by atoms with van der Waals surface area (Å²) < 4.78 is 14.6. The van der Waals surface area contributed by atoms with Crippen molar-refractivity contribution in [3.05, 3.63) is 150 Å². The molecule has 1 aliphatic carbocycles. The molecule has 8 aromatic carbocycles. The van der Waals surface area contributed by atoms with E-state index in [9.17, 15) is 0 Å². The van der Waals surface area contributed by atoms with Gasteiger partial charge in [-0.15, -0.1) is 22.7 Å². The van der Waals surface area contributed by atoms with Gasteiger partial charge in [-0.3, -0.25) is 0 Å². The Morgan fingerprint density at radius 2 is 1.20 bits per heavy atom. The van der Waals surface area contributed by atoms with E-state index in [-0.39, 0.29) is 23.1 Å². The van der Waals surface area contributed by atoms with Gasteiger partial charge in [-0.1, -0.05) is 109 Å². The number of anilines is 2. The Morgan fingerprint density at radius 3 is 2.00 bits per heavy atom. The van der Waals surface area contributed by atoms with Crippen LogP contribution in [0.3, 0.4) is 0 Å². The highest BCUT2D eigenvalue weighted by Gasteiger charge is 2.45. The van der Waals surface area contributed by atoms with E-state index in [0.29, 0.717) is 0 Å². The predicted octanol–water partition coefficient (Wildman–Crippen LogP) is 16.3. The lowest BCUT2D eigenvalue weighted by Crippen LogP contribution is -2.60. The smallest absolute Gasteiger partial charge is 0.333 e. The van der Waals surface area contributed by atoms with Crippen molar-refractivity contribution in [2.45, 2.75) is 77.6 Å². The Balaban J connectivity index is 1.10. The summed E-state index contributed by atoms with van der Waals surface area (Å²) in [7, 11) is 0. The molecular formula is C60H47BN2OS2. The maximum atomic E-state index is 6.60. The first-order chi connectivity index (χ1) is 31.8. The van der Waals surface area contributed by atoms with Crippen molar-refractivity contribution in [2.75, 3.05) is 4.81 Å². The van der Waals surface area contributed by atoms with Crippen LogP contribution in [0.5, 0.6) is 0 Å². The number of rotatable bonds is 1. The minimum atomic E-state index is -0.0724. The van der Waals surface area contributed by atoms with Crippen LogP contribution in [0.25, 0.3) is 101 Å². The van der Waals surface area contributed by atoms with Crippen LogP contribution in [-0.2, 0) is 16.2 Å². The van der Waals surface area contributed by atoms with Crippen molar-refractivity contribution in [2.24, 2.45) is 0 Å². The van der Waals surface area contributed by atoms with Gasteiger partial charge in [0.05, 0.1) is 11.0 Å². The van der Waals surface area contributed by atoms with Gasteiger partial charge in [-0.05, 0) is 135 Å². The Hall–Kier alpha value is -6.34. The molecule has 66 heavy (non-hydrogen) atoms. The Bertz CT molecular complexity index is 4170. The molecule has 2 aliphatic heterocycles. The van der Waals surface area contributed by atoms with Crippen LogP contribution in [0.1, 0.15) is 78.0 Å². The topological polar surface area (TPSA) is 21.3 Å². The van der Waals surface area contributed by atoms with Crippen LogP contribution in [0.2, 0.25) is 0 Å². The molecule has 4 aromatic heterocycles. The summed E-state index contributed by atoms with van der Waals surface area (Å²) in [5.41, 5.74) is 18.2. The maximum Gasteiger partial charge on any atom is 0.333 e. The third-order valence-electron chi connectivity index (χ3n) is 16.2. The second-order valence-electron chi connectivity index (χ2n) is 21.9. The minimum Gasteiger partial charge on any atom is -0.456 e. The molecule has 0 radical (unpaired) electrons. The molecule has 0 spiro atoms. The monoisotopic (exact) mass is 886 g/mol. The van der Waals surface area contributed by atoms with Crippen molar-refractivity contribution in [1.29, 1.82) is 0 Å². The quantitative estimate of drug-likeness (QED) is 0.153. The first-order valence-electron chi connectivity index (χ1n) is 23.6. The zero-order valence-electron chi connectivity index (χ0n) is 38.3. The lowest BCUT2D eigenvalue weighted by Gasteiger charge is -2.42. The molecule has 0 saturated carbocycles. The van der Waals surface area contributed by atoms with Crippen molar-refractivity contribution in [1.82, 2.24) is 4.57 Å². The van der Waals surface area contributed by atoms with Crippen LogP contribution < -0.4 is 15.7 Å².